The van der Waals surface area contributed by atoms with Gasteiger partial charge in [0.05, 0.1) is 22.6 Å². The van der Waals surface area contributed by atoms with Gasteiger partial charge in [-0.3, -0.25) is 19.6 Å². The van der Waals surface area contributed by atoms with Crippen molar-refractivity contribution in [3.8, 4) is 0 Å². The van der Waals surface area contributed by atoms with Crippen LogP contribution in [0.5, 0.6) is 0 Å². The van der Waals surface area contributed by atoms with Crippen molar-refractivity contribution in [2.75, 3.05) is 13.7 Å². The molecule has 0 saturated carbocycles. The molecule has 0 aliphatic rings. The third kappa shape index (κ3) is 43.7. The number of hydrogen-bond donors (Lipinski definition) is 0. The van der Waals surface area contributed by atoms with Gasteiger partial charge < -0.3 is 9.68 Å². The summed E-state index contributed by atoms with van der Waals surface area (Å²) in [7, 11) is 3.52. The smallest absolute Gasteiger partial charge is 0.130 e. The molecular weight excluding hydrogens is 941 g/mol. The Hall–Kier alpha value is -5.83. The summed E-state index contributed by atoms with van der Waals surface area (Å²) < 4.78 is 1.93. The maximum Gasteiger partial charge on any atom is 0.130 e. The average Bonchev–Trinajstić information content (AvgIpc) is 4.01. The first-order chi connectivity index (χ1) is 34.5. The lowest BCUT2D eigenvalue weighted by atomic mass is 10.1. The molecule has 0 aliphatic carbocycles. The first-order valence-electron chi connectivity index (χ1n) is 25.8. The zero-order valence-electron chi connectivity index (χ0n) is 48.9. The average molecular weight is 1040 g/mol. The third-order valence-corrected chi connectivity index (χ3v) is 9.60. The standard InChI is InChI=1S/C9H13N.2C8H12N2.C8H14N2.C7H10N2.C7H11NS.C6H13NO.C5H11NO.CH4/c1-8(2)7-9-5-3-4-6-10-9;1-6(2)8-5-9-7(3)4-10-8;1-6(2)8-9-4-7(3)5-10-8;1-7(2)6-8-4-5-9-10(8)3;1-6(2)7-3-8-5-9-4-7;1-6(2)3-7-4-9-5-8-7;1-4-8-7-5-6(2)3;1-5(2)4-6-7-3;/h3-6,8H,7H2,1-2H3;2*4-6H,1-3H3;4-5,7H,6H2,1-3H3;3-6H,1-2H3;4-6H,3H2,1-2H3;5-6H,4H2,1-3H3;4-5H,1-3H3;1H4. The van der Waals surface area contributed by atoms with Crippen molar-refractivity contribution in [2.45, 2.75) is 176 Å². The highest BCUT2D eigenvalue weighted by Crippen LogP contribution is 2.11. The summed E-state index contributed by atoms with van der Waals surface area (Å²) in [5.41, 5.74) is 9.97. The molecule has 0 unspecified atom stereocenters. The number of aromatic nitrogens is 10. The van der Waals surface area contributed by atoms with Crippen LogP contribution in [-0.2, 0) is 36.0 Å². The molecule has 414 valence electrons. The molecular formula is C59H100N12O2S. The van der Waals surface area contributed by atoms with Crippen molar-refractivity contribution >= 4 is 23.8 Å². The highest BCUT2D eigenvalue weighted by atomic mass is 32.1. The molecule has 15 heteroatoms. The Balaban J connectivity index is -0.000000779. The molecule has 0 fully saturated rings. The minimum atomic E-state index is 0. The van der Waals surface area contributed by atoms with E-state index in [1.807, 2.05) is 107 Å². The highest BCUT2D eigenvalue weighted by Gasteiger charge is 2.02. The lowest BCUT2D eigenvalue weighted by molar-refractivity contribution is 0.159. The molecule has 6 heterocycles. The Morgan fingerprint density at radius 1 is 0.608 bits per heavy atom. The van der Waals surface area contributed by atoms with Gasteiger partial charge in [-0.15, -0.1) is 11.3 Å². The quantitative estimate of drug-likeness (QED) is 0.0753. The van der Waals surface area contributed by atoms with E-state index in [0.29, 0.717) is 42.1 Å². The van der Waals surface area contributed by atoms with Gasteiger partial charge in [0, 0.05) is 91.7 Å². The molecule has 0 saturated heterocycles. The summed E-state index contributed by atoms with van der Waals surface area (Å²) >= 11 is 1.67. The van der Waals surface area contributed by atoms with E-state index >= 15 is 0 Å². The molecule has 6 aromatic heterocycles. The van der Waals surface area contributed by atoms with E-state index in [2.05, 4.69) is 175 Å². The van der Waals surface area contributed by atoms with Crippen LogP contribution in [0.1, 0.15) is 188 Å². The lowest BCUT2D eigenvalue weighted by Crippen LogP contribution is -2.01. The van der Waals surface area contributed by atoms with E-state index in [1.54, 1.807) is 43.4 Å². The van der Waals surface area contributed by atoms with E-state index in [-0.39, 0.29) is 7.43 Å². The SMILES string of the molecule is C.CC(C)Cc1ccccn1.CC(C)Cc1ccnn1C.CC(C)Cc1cscn1.CC(C)c1cncnc1.CCON=CC(C)C.CON=CC(C)C.Cc1cnc(C(C)C)cn1.Cc1cnc(C(C)C)nc1. The van der Waals surface area contributed by atoms with E-state index in [0.717, 1.165) is 53.9 Å². The highest BCUT2D eigenvalue weighted by molar-refractivity contribution is 7.07. The Bertz CT molecular complexity index is 2110. The fourth-order valence-corrected chi connectivity index (χ4v) is 5.72. The van der Waals surface area contributed by atoms with Crippen LogP contribution in [0.3, 0.4) is 0 Å². The first-order valence-corrected chi connectivity index (χ1v) is 26.7. The largest absolute Gasteiger partial charge is 0.399 e. The van der Waals surface area contributed by atoms with Crippen LogP contribution in [0.4, 0.5) is 0 Å². The van der Waals surface area contributed by atoms with Gasteiger partial charge in [-0.1, -0.05) is 135 Å². The number of nitrogens with zero attached hydrogens (tertiary/aromatic N) is 12. The summed E-state index contributed by atoms with van der Waals surface area (Å²) in [5.74, 6) is 5.49. The van der Waals surface area contributed by atoms with Gasteiger partial charge in [-0.05, 0) is 111 Å². The van der Waals surface area contributed by atoms with Crippen molar-refractivity contribution in [3.63, 3.8) is 0 Å². The van der Waals surface area contributed by atoms with E-state index in [1.165, 1.54) is 22.6 Å². The molecule has 6 rings (SSSR count). The molecule has 14 nitrogen and oxygen atoms in total. The number of rotatable bonds is 14. The van der Waals surface area contributed by atoms with Crippen LogP contribution in [0.25, 0.3) is 0 Å². The fraction of sp³-hybridized carbons (Fsp3) is 0.576. The van der Waals surface area contributed by atoms with Crippen LogP contribution in [0.15, 0.2) is 101 Å². The van der Waals surface area contributed by atoms with E-state index < -0.39 is 0 Å². The zero-order chi connectivity index (χ0) is 55.6. The third-order valence-electron chi connectivity index (χ3n) is 8.97. The van der Waals surface area contributed by atoms with E-state index in [9.17, 15) is 0 Å². The minimum Gasteiger partial charge on any atom is -0.399 e. The summed E-state index contributed by atoms with van der Waals surface area (Å²) in [6.07, 6.45) is 23.1. The lowest BCUT2D eigenvalue weighted by Gasteiger charge is -2.03. The molecule has 0 aromatic carbocycles. The van der Waals surface area contributed by atoms with Gasteiger partial charge in [-0.2, -0.15) is 5.10 Å². The van der Waals surface area contributed by atoms with Crippen LogP contribution in [0, 0.1) is 43.4 Å². The molecule has 0 amide bonds. The number of aryl methyl sites for hydroxylation is 3. The van der Waals surface area contributed by atoms with E-state index in [4.69, 9.17) is 4.84 Å². The second-order valence-corrected chi connectivity index (χ2v) is 20.7. The van der Waals surface area contributed by atoms with Crippen LogP contribution in [0.2, 0.25) is 0 Å². The monoisotopic (exact) mass is 1040 g/mol. The van der Waals surface area contributed by atoms with Gasteiger partial charge in [0.2, 0.25) is 0 Å². The molecule has 0 radical (unpaired) electrons. The summed E-state index contributed by atoms with van der Waals surface area (Å²) in [6, 6.07) is 8.12. The minimum absolute atomic E-state index is 0. The molecule has 0 atom stereocenters. The summed E-state index contributed by atoms with van der Waals surface area (Å²) in [5, 5.41) is 13.4. The Morgan fingerprint density at radius 3 is 1.57 bits per heavy atom. The molecule has 0 bridgehead atoms. The molecule has 74 heavy (non-hydrogen) atoms. The van der Waals surface area contributed by atoms with Gasteiger partial charge in [0.25, 0.3) is 0 Å². The molecule has 0 N–H and O–H groups in total. The van der Waals surface area contributed by atoms with Gasteiger partial charge in [0.1, 0.15) is 25.9 Å². The molecule has 0 aliphatic heterocycles. The van der Waals surface area contributed by atoms with Gasteiger partial charge in [-0.25, -0.2) is 24.9 Å². The first kappa shape index (κ1) is 72.4. The topological polar surface area (TPSA) is 164 Å². The normalized spacial score (nSPS) is 10.4. The predicted octanol–water partition coefficient (Wildman–Crippen LogP) is 15.2. The number of oxime groups is 2. The van der Waals surface area contributed by atoms with Crippen LogP contribution < -0.4 is 0 Å². The van der Waals surface area contributed by atoms with Crippen molar-refractivity contribution in [3.05, 3.63) is 136 Å². The van der Waals surface area contributed by atoms with Gasteiger partial charge in [0.15, 0.2) is 0 Å². The Labute approximate surface area is 454 Å². The molecule has 6 aromatic rings. The number of pyridine rings is 1. The fourth-order valence-electron chi connectivity index (χ4n) is 5.15. The van der Waals surface area contributed by atoms with Crippen molar-refractivity contribution < 1.29 is 9.68 Å². The second kappa shape index (κ2) is 45.8. The van der Waals surface area contributed by atoms with Gasteiger partial charge >= 0.3 is 0 Å². The summed E-state index contributed by atoms with van der Waals surface area (Å²) in [4.78, 5) is 42.0. The summed E-state index contributed by atoms with van der Waals surface area (Å²) in [6.45, 7) is 40.6. The van der Waals surface area contributed by atoms with Crippen LogP contribution in [-0.4, -0.2) is 75.8 Å². The maximum absolute atomic E-state index is 4.71. The Kier molecular flexibility index (Phi) is 44.8. The van der Waals surface area contributed by atoms with Crippen molar-refractivity contribution in [2.24, 2.45) is 46.9 Å². The second-order valence-electron chi connectivity index (χ2n) is 20.0. The maximum atomic E-state index is 4.71. The van der Waals surface area contributed by atoms with Crippen LogP contribution >= 0.6 is 11.3 Å². The number of thiazole rings is 1. The zero-order valence-corrected chi connectivity index (χ0v) is 49.7. The van der Waals surface area contributed by atoms with Crippen molar-refractivity contribution in [1.29, 1.82) is 0 Å². The predicted molar refractivity (Wildman–Crippen MR) is 315 cm³/mol. The molecule has 0 spiro atoms. The Morgan fingerprint density at radius 2 is 1.19 bits per heavy atom. The van der Waals surface area contributed by atoms with Crippen molar-refractivity contribution in [1.82, 2.24) is 49.7 Å². The number of hydrogen-bond acceptors (Lipinski definition) is 14.